The van der Waals surface area contributed by atoms with Crippen molar-refractivity contribution in [2.24, 2.45) is 0 Å². The van der Waals surface area contributed by atoms with Crippen LogP contribution in [0.25, 0.3) is 6.08 Å². The van der Waals surface area contributed by atoms with E-state index in [9.17, 15) is 13.2 Å². The Kier molecular flexibility index (Phi) is 8.51. The van der Waals surface area contributed by atoms with Crippen LogP contribution < -0.4 is 4.72 Å². The van der Waals surface area contributed by atoms with Crippen molar-refractivity contribution in [3.05, 3.63) is 51.9 Å². The highest BCUT2D eigenvalue weighted by Crippen LogP contribution is 2.39. The molecule has 1 aromatic carbocycles. The molecule has 0 fully saturated rings. The third-order valence-corrected chi connectivity index (χ3v) is 8.40. The summed E-state index contributed by atoms with van der Waals surface area (Å²) in [6.07, 6.45) is 7.49. The Morgan fingerprint density at radius 1 is 1.16 bits per heavy atom. The molecule has 1 aromatic heterocycles. The Labute approximate surface area is 195 Å². The van der Waals surface area contributed by atoms with Gasteiger partial charge in [-0.15, -0.1) is 11.3 Å². The molecule has 174 valence electrons. The van der Waals surface area contributed by atoms with E-state index in [2.05, 4.69) is 23.5 Å². The molecule has 0 saturated heterocycles. The number of carbonyl (C=O) groups is 1. The number of aryl methyl sites for hydroxylation is 1. The van der Waals surface area contributed by atoms with E-state index in [-0.39, 0.29) is 11.5 Å². The average Bonchev–Trinajstić information content (AvgIpc) is 3.14. The molecule has 0 unspecified atom stereocenters. The van der Waals surface area contributed by atoms with Gasteiger partial charge < -0.3 is 9.64 Å². The van der Waals surface area contributed by atoms with Crippen LogP contribution >= 0.6 is 11.3 Å². The molecule has 0 saturated carbocycles. The fraction of sp³-hybridized carbons (Fsp3) is 0.458. The zero-order valence-electron chi connectivity index (χ0n) is 19.0. The molecular weight excluding hydrogens is 444 g/mol. The summed E-state index contributed by atoms with van der Waals surface area (Å²) in [4.78, 5) is 16.2. The van der Waals surface area contributed by atoms with Gasteiger partial charge in [0.25, 0.3) is 10.0 Å². The fourth-order valence-corrected chi connectivity index (χ4v) is 6.69. The highest BCUT2D eigenvalue weighted by atomic mass is 32.2. The highest BCUT2D eigenvalue weighted by Gasteiger charge is 2.29. The van der Waals surface area contributed by atoms with Crippen LogP contribution in [0.4, 0.5) is 5.00 Å². The van der Waals surface area contributed by atoms with Crippen molar-refractivity contribution in [1.29, 1.82) is 0 Å². The number of nitrogens with zero attached hydrogens (tertiary/aromatic N) is 1. The van der Waals surface area contributed by atoms with Gasteiger partial charge >= 0.3 is 5.97 Å². The van der Waals surface area contributed by atoms with E-state index >= 15 is 0 Å². The summed E-state index contributed by atoms with van der Waals surface area (Å²) in [5.74, 6) is -0.461. The van der Waals surface area contributed by atoms with Gasteiger partial charge in [0.05, 0.1) is 17.1 Å². The monoisotopic (exact) mass is 476 g/mol. The summed E-state index contributed by atoms with van der Waals surface area (Å²) in [7, 11) is -3.89. The Bertz CT molecular complexity index is 1070. The summed E-state index contributed by atoms with van der Waals surface area (Å²) in [6, 6.07) is 6.92. The molecule has 1 aliphatic rings. The lowest BCUT2D eigenvalue weighted by molar-refractivity contribution is 0.0526. The molecule has 1 heterocycles. The number of likely N-dealkylation sites (N-methyl/N-ethyl adjacent to an activating group) is 1. The minimum Gasteiger partial charge on any atom is -0.462 e. The third kappa shape index (κ3) is 5.60. The topological polar surface area (TPSA) is 75.7 Å². The number of thiophene rings is 1. The lowest BCUT2D eigenvalue weighted by Crippen LogP contribution is -2.22. The summed E-state index contributed by atoms with van der Waals surface area (Å²) in [5, 5.41) is 0.359. The minimum absolute atomic E-state index is 0.192. The van der Waals surface area contributed by atoms with E-state index in [1.165, 1.54) is 11.3 Å². The molecule has 0 atom stereocenters. The van der Waals surface area contributed by atoms with Gasteiger partial charge in [-0.25, -0.2) is 13.2 Å². The van der Waals surface area contributed by atoms with Gasteiger partial charge in [-0.3, -0.25) is 4.72 Å². The second kappa shape index (κ2) is 11.1. The standard InChI is InChI=1S/C24H32N2O4S2/c1-4-26(5-2)17-11-13-18-12-7-10-16-21(18)32(28,29)25-23-22(24(27)30-6-3)19-14-8-9-15-20(19)31-23/h7,10-13,16,25H,4-6,8-9,14-15,17H2,1-3H3. The number of anilines is 1. The van der Waals surface area contributed by atoms with Crippen molar-refractivity contribution in [1.82, 2.24) is 4.90 Å². The Balaban J connectivity index is 1.93. The zero-order chi connectivity index (χ0) is 23.1. The molecule has 8 heteroatoms. The summed E-state index contributed by atoms with van der Waals surface area (Å²) < 4.78 is 34.7. The SMILES string of the molecule is CCOC(=O)c1c(NS(=O)(=O)c2ccccc2C=CCN(CC)CC)sc2c1CCCC2. The molecule has 0 amide bonds. The third-order valence-electron chi connectivity index (χ3n) is 5.64. The molecule has 3 rings (SSSR count). The molecule has 1 N–H and O–H groups in total. The maximum Gasteiger partial charge on any atom is 0.341 e. The molecule has 0 radical (unpaired) electrons. The first-order chi connectivity index (χ1) is 15.4. The number of ether oxygens (including phenoxy) is 1. The van der Waals surface area contributed by atoms with Gasteiger partial charge in [-0.2, -0.15) is 0 Å². The first-order valence-electron chi connectivity index (χ1n) is 11.2. The molecule has 32 heavy (non-hydrogen) atoms. The van der Waals surface area contributed by atoms with Crippen molar-refractivity contribution in [2.45, 2.75) is 51.3 Å². The molecule has 0 aliphatic heterocycles. The number of fused-ring (bicyclic) bond motifs is 1. The normalized spacial score (nSPS) is 14.0. The Morgan fingerprint density at radius 3 is 2.59 bits per heavy atom. The Hall–Kier alpha value is -2.16. The molecule has 0 bridgehead atoms. The number of carbonyl (C=O) groups excluding carboxylic acids is 1. The second-order valence-electron chi connectivity index (χ2n) is 7.67. The van der Waals surface area contributed by atoms with Crippen LogP contribution in [0.3, 0.4) is 0 Å². The van der Waals surface area contributed by atoms with Crippen molar-refractivity contribution < 1.29 is 17.9 Å². The van der Waals surface area contributed by atoms with Gasteiger partial charge in [-0.05, 0) is 62.9 Å². The molecule has 2 aromatic rings. The van der Waals surface area contributed by atoms with E-state index in [4.69, 9.17) is 4.74 Å². The summed E-state index contributed by atoms with van der Waals surface area (Å²) >= 11 is 1.36. The van der Waals surface area contributed by atoms with Crippen LogP contribution in [0.15, 0.2) is 35.2 Å². The van der Waals surface area contributed by atoms with Gasteiger partial charge in [0.2, 0.25) is 0 Å². The average molecular weight is 477 g/mol. The highest BCUT2D eigenvalue weighted by molar-refractivity contribution is 7.93. The first kappa shape index (κ1) is 24.5. The van der Waals surface area contributed by atoms with E-state index in [0.29, 0.717) is 16.1 Å². The number of sulfonamides is 1. The largest absolute Gasteiger partial charge is 0.462 e. The smallest absolute Gasteiger partial charge is 0.341 e. The minimum atomic E-state index is -3.89. The van der Waals surface area contributed by atoms with Crippen LogP contribution in [-0.2, 0) is 27.6 Å². The number of nitrogens with one attached hydrogen (secondary N) is 1. The summed E-state index contributed by atoms with van der Waals surface area (Å²) in [6.45, 7) is 8.81. The molecule has 6 nitrogen and oxygen atoms in total. The number of rotatable bonds is 10. The first-order valence-corrected chi connectivity index (χ1v) is 13.5. The number of esters is 1. The number of hydrogen-bond acceptors (Lipinski definition) is 6. The van der Waals surface area contributed by atoms with Crippen LogP contribution in [0, 0.1) is 0 Å². The second-order valence-corrected chi connectivity index (χ2v) is 10.4. The quantitative estimate of drug-likeness (QED) is 0.491. The van der Waals surface area contributed by atoms with E-state index in [1.807, 2.05) is 18.2 Å². The molecule has 0 spiro atoms. The van der Waals surface area contributed by atoms with E-state index in [0.717, 1.165) is 55.8 Å². The molecular formula is C24H32N2O4S2. The van der Waals surface area contributed by atoms with Crippen LogP contribution in [-0.4, -0.2) is 45.5 Å². The van der Waals surface area contributed by atoms with Gasteiger partial charge in [0.1, 0.15) is 5.00 Å². The van der Waals surface area contributed by atoms with Crippen molar-refractivity contribution in [3.63, 3.8) is 0 Å². The predicted octanol–water partition coefficient (Wildman–Crippen LogP) is 4.96. The van der Waals surface area contributed by atoms with E-state index in [1.54, 1.807) is 25.1 Å². The lowest BCUT2D eigenvalue weighted by atomic mass is 9.95. The van der Waals surface area contributed by atoms with Crippen LogP contribution in [0.5, 0.6) is 0 Å². The van der Waals surface area contributed by atoms with Crippen molar-refractivity contribution >= 4 is 38.4 Å². The maximum atomic E-state index is 13.4. The van der Waals surface area contributed by atoms with Gasteiger partial charge in [0.15, 0.2) is 0 Å². The van der Waals surface area contributed by atoms with Crippen molar-refractivity contribution in [2.75, 3.05) is 31.0 Å². The molecule has 1 aliphatic carbocycles. The van der Waals surface area contributed by atoms with Gasteiger partial charge in [0, 0.05) is 11.4 Å². The van der Waals surface area contributed by atoms with Gasteiger partial charge in [-0.1, -0.05) is 44.2 Å². The van der Waals surface area contributed by atoms with E-state index < -0.39 is 16.0 Å². The Morgan fingerprint density at radius 2 is 1.88 bits per heavy atom. The number of hydrogen-bond donors (Lipinski definition) is 1. The van der Waals surface area contributed by atoms with Crippen molar-refractivity contribution in [3.8, 4) is 0 Å². The predicted molar refractivity (Wildman–Crippen MR) is 131 cm³/mol. The van der Waals surface area contributed by atoms with Crippen LogP contribution in [0.2, 0.25) is 0 Å². The number of benzene rings is 1. The fourth-order valence-electron chi connectivity index (χ4n) is 3.91. The summed E-state index contributed by atoms with van der Waals surface area (Å²) in [5.41, 5.74) is 1.93. The lowest BCUT2D eigenvalue weighted by Gasteiger charge is -2.15. The maximum absolute atomic E-state index is 13.4. The van der Waals surface area contributed by atoms with Crippen LogP contribution in [0.1, 0.15) is 60.0 Å². The zero-order valence-corrected chi connectivity index (χ0v) is 20.7.